The molecule has 0 spiro atoms. The number of aliphatic hydroxyl groups excluding tert-OH is 1. The Labute approximate surface area is 67.6 Å². The first-order chi connectivity index (χ1) is 5.11. The normalized spacial score (nSPS) is 32.2. The fourth-order valence-electron chi connectivity index (χ4n) is 1.41. The molecule has 0 amide bonds. The third kappa shape index (κ3) is 2.13. The van der Waals surface area contributed by atoms with Crippen LogP contribution in [0, 0.1) is 0 Å². The number of likely N-dealkylation sites (N-methyl/N-ethyl adjacent to an activating group) is 2. The van der Waals surface area contributed by atoms with Crippen LogP contribution >= 0.6 is 0 Å². The lowest BCUT2D eigenvalue weighted by Gasteiger charge is -2.38. The number of rotatable bonds is 1. The van der Waals surface area contributed by atoms with E-state index in [1.807, 2.05) is 14.1 Å². The molecule has 0 saturated carbocycles. The largest absolute Gasteiger partial charge is 0.377 e. The van der Waals surface area contributed by atoms with Crippen LogP contribution in [-0.4, -0.2) is 60.9 Å². The molecule has 2 atom stereocenters. The van der Waals surface area contributed by atoms with Crippen molar-refractivity contribution in [2.24, 2.45) is 5.73 Å². The number of nitrogens with zero attached hydrogens (tertiary/aromatic N) is 2. The predicted octanol–water partition coefficient (Wildman–Crippen LogP) is -1.49. The van der Waals surface area contributed by atoms with Crippen LogP contribution in [0.5, 0.6) is 0 Å². The van der Waals surface area contributed by atoms with Crippen molar-refractivity contribution in [3.05, 3.63) is 0 Å². The summed E-state index contributed by atoms with van der Waals surface area (Å²) in [7, 11) is 4.04. The monoisotopic (exact) mass is 159 g/mol. The van der Waals surface area contributed by atoms with E-state index in [2.05, 4.69) is 9.80 Å². The number of aliphatic hydroxyl groups is 1. The molecule has 1 heterocycles. The van der Waals surface area contributed by atoms with Gasteiger partial charge in [0.1, 0.15) is 6.23 Å². The Morgan fingerprint density at radius 1 is 1.45 bits per heavy atom. The molecule has 0 aromatic carbocycles. The van der Waals surface area contributed by atoms with E-state index in [4.69, 9.17) is 5.73 Å². The average molecular weight is 159 g/mol. The van der Waals surface area contributed by atoms with Crippen molar-refractivity contribution >= 4 is 0 Å². The first-order valence-electron chi connectivity index (χ1n) is 3.93. The van der Waals surface area contributed by atoms with Crippen LogP contribution in [0.3, 0.4) is 0 Å². The van der Waals surface area contributed by atoms with Gasteiger partial charge in [-0.05, 0) is 14.1 Å². The highest BCUT2D eigenvalue weighted by atomic mass is 16.3. The van der Waals surface area contributed by atoms with Crippen molar-refractivity contribution in [1.29, 1.82) is 0 Å². The van der Waals surface area contributed by atoms with Gasteiger partial charge in [0.05, 0.1) is 6.04 Å². The van der Waals surface area contributed by atoms with Gasteiger partial charge in [0.15, 0.2) is 0 Å². The molecule has 0 aromatic heterocycles. The molecule has 3 N–H and O–H groups in total. The smallest absolute Gasteiger partial charge is 0.119 e. The van der Waals surface area contributed by atoms with E-state index in [9.17, 15) is 5.11 Å². The minimum atomic E-state index is -0.720. The molecule has 1 aliphatic heterocycles. The van der Waals surface area contributed by atoms with Crippen LogP contribution in [0.15, 0.2) is 0 Å². The second-order valence-corrected chi connectivity index (χ2v) is 3.30. The van der Waals surface area contributed by atoms with Crippen molar-refractivity contribution in [3.8, 4) is 0 Å². The molecule has 66 valence electrons. The summed E-state index contributed by atoms with van der Waals surface area (Å²) in [6, 6.07) is 0.0914. The maximum atomic E-state index is 9.17. The first-order valence-corrected chi connectivity index (χ1v) is 3.93. The van der Waals surface area contributed by atoms with Crippen LogP contribution in [0.4, 0.5) is 0 Å². The van der Waals surface area contributed by atoms with Crippen LogP contribution in [0.2, 0.25) is 0 Å². The third-order valence-corrected chi connectivity index (χ3v) is 2.29. The van der Waals surface area contributed by atoms with E-state index in [1.165, 1.54) is 0 Å². The van der Waals surface area contributed by atoms with E-state index in [1.54, 1.807) is 0 Å². The van der Waals surface area contributed by atoms with Gasteiger partial charge in [0, 0.05) is 19.6 Å². The van der Waals surface area contributed by atoms with E-state index in [-0.39, 0.29) is 6.04 Å². The zero-order chi connectivity index (χ0) is 8.43. The summed E-state index contributed by atoms with van der Waals surface area (Å²) in [5.74, 6) is 0. The fraction of sp³-hybridized carbons (Fsp3) is 1.00. The quantitative estimate of drug-likeness (QED) is 0.458. The van der Waals surface area contributed by atoms with E-state index in [0.29, 0.717) is 0 Å². The first kappa shape index (κ1) is 8.93. The molecular formula is C7H17N3O. The van der Waals surface area contributed by atoms with Gasteiger partial charge in [-0.1, -0.05) is 0 Å². The van der Waals surface area contributed by atoms with E-state index >= 15 is 0 Å². The van der Waals surface area contributed by atoms with Gasteiger partial charge in [-0.25, -0.2) is 0 Å². The summed E-state index contributed by atoms with van der Waals surface area (Å²) in [5.41, 5.74) is 5.41. The van der Waals surface area contributed by atoms with Crippen molar-refractivity contribution in [1.82, 2.24) is 9.80 Å². The summed E-state index contributed by atoms with van der Waals surface area (Å²) >= 11 is 0. The Hall–Kier alpha value is -0.160. The van der Waals surface area contributed by atoms with Gasteiger partial charge in [0.2, 0.25) is 0 Å². The SMILES string of the molecule is CN1CCN(C)C(C(N)O)C1. The van der Waals surface area contributed by atoms with Crippen molar-refractivity contribution in [2.75, 3.05) is 33.7 Å². The zero-order valence-electron chi connectivity index (χ0n) is 7.20. The summed E-state index contributed by atoms with van der Waals surface area (Å²) in [6.07, 6.45) is -0.720. The van der Waals surface area contributed by atoms with Crippen molar-refractivity contribution in [2.45, 2.75) is 12.3 Å². The molecule has 0 aliphatic carbocycles. The maximum absolute atomic E-state index is 9.17. The Bertz CT molecular complexity index is 129. The highest BCUT2D eigenvalue weighted by Crippen LogP contribution is 2.06. The Balaban J connectivity index is 2.47. The zero-order valence-corrected chi connectivity index (χ0v) is 7.20. The molecule has 1 saturated heterocycles. The van der Waals surface area contributed by atoms with Crippen LogP contribution < -0.4 is 5.73 Å². The number of nitrogens with two attached hydrogens (primary N) is 1. The van der Waals surface area contributed by atoms with Gasteiger partial charge in [-0.15, -0.1) is 0 Å². The Morgan fingerprint density at radius 2 is 2.09 bits per heavy atom. The highest BCUT2D eigenvalue weighted by molar-refractivity contribution is 4.81. The minimum Gasteiger partial charge on any atom is -0.377 e. The van der Waals surface area contributed by atoms with Gasteiger partial charge >= 0.3 is 0 Å². The summed E-state index contributed by atoms with van der Waals surface area (Å²) in [6.45, 7) is 2.89. The van der Waals surface area contributed by atoms with Crippen LogP contribution in [-0.2, 0) is 0 Å². The van der Waals surface area contributed by atoms with Gasteiger partial charge in [0.25, 0.3) is 0 Å². The van der Waals surface area contributed by atoms with E-state index in [0.717, 1.165) is 19.6 Å². The topological polar surface area (TPSA) is 52.7 Å². The predicted molar refractivity (Wildman–Crippen MR) is 44.1 cm³/mol. The lowest BCUT2D eigenvalue weighted by atomic mass is 10.1. The molecule has 2 unspecified atom stereocenters. The average Bonchev–Trinajstić information content (AvgIpc) is 1.94. The van der Waals surface area contributed by atoms with Crippen LogP contribution in [0.1, 0.15) is 0 Å². The molecule has 1 aliphatic rings. The molecular weight excluding hydrogens is 142 g/mol. The molecule has 0 radical (unpaired) electrons. The third-order valence-electron chi connectivity index (χ3n) is 2.29. The lowest BCUT2D eigenvalue weighted by Crippen LogP contribution is -2.57. The maximum Gasteiger partial charge on any atom is 0.119 e. The fourth-order valence-corrected chi connectivity index (χ4v) is 1.41. The van der Waals surface area contributed by atoms with Gasteiger partial charge < -0.3 is 15.7 Å². The highest BCUT2D eigenvalue weighted by Gasteiger charge is 2.25. The Morgan fingerprint density at radius 3 is 2.55 bits per heavy atom. The van der Waals surface area contributed by atoms with Gasteiger partial charge in [-0.2, -0.15) is 0 Å². The molecule has 0 aromatic rings. The summed E-state index contributed by atoms with van der Waals surface area (Å²) in [4.78, 5) is 4.28. The second-order valence-electron chi connectivity index (χ2n) is 3.30. The minimum absolute atomic E-state index is 0.0914. The molecule has 4 heteroatoms. The van der Waals surface area contributed by atoms with Crippen molar-refractivity contribution in [3.63, 3.8) is 0 Å². The molecule has 1 fully saturated rings. The van der Waals surface area contributed by atoms with Crippen LogP contribution in [0.25, 0.3) is 0 Å². The Kier molecular flexibility index (Phi) is 2.84. The molecule has 11 heavy (non-hydrogen) atoms. The van der Waals surface area contributed by atoms with Crippen molar-refractivity contribution < 1.29 is 5.11 Å². The lowest BCUT2D eigenvalue weighted by molar-refractivity contribution is 0.0183. The molecule has 0 bridgehead atoms. The van der Waals surface area contributed by atoms with E-state index < -0.39 is 6.23 Å². The summed E-state index contributed by atoms with van der Waals surface area (Å²) < 4.78 is 0. The number of piperazine rings is 1. The summed E-state index contributed by atoms with van der Waals surface area (Å²) in [5, 5.41) is 9.17. The number of hydrogen-bond donors (Lipinski definition) is 2. The molecule has 1 rings (SSSR count). The standard InChI is InChI=1S/C7H17N3O/c1-9-3-4-10(2)6(5-9)7(8)11/h6-7,11H,3-5,8H2,1-2H3. The second kappa shape index (κ2) is 3.49. The van der Waals surface area contributed by atoms with Gasteiger partial charge in [-0.3, -0.25) is 4.90 Å². The molecule has 4 nitrogen and oxygen atoms in total. The number of hydrogen-bond acceptors (Lipinski definition) is 4.